The van der Waals surface area contributed by atoms with Gasteiger partial charge in [0.2, 0.25) is 0 Å². The molecule has 0 aromatic heterocycles. The first kappa shape index (κ1) is 17.6. The van der Waals surface area contributed by atoms with Crippen LogP contribution in [0.5, 0.6) is 0 Å². The van der Waals surface area contributed by atoms with E-state index in [0.29, 0.717) is 12.5 Å². The van der Waals surface area contributed by atoms with Gasteiger partial charge in [0.1, 0.15) is 5.60 Å². The molecule has 120 valence electrons. The highest BCUT2D eigenvalue weighted by molar-refractivity contribution is 5.68. The van der Waals surface area contributed by atoms with Gasteiger partial charge in [-0.2, -0.15) is 0 Å². The summed E-state index contributed by atoms with van der Waals surface area (Å²) in [6.07, 6.45) is 3.54. The maximum absolute atomic E-state index is 11.8. The second kappa shape index (κ2) is 8.74. The van der Waals surface area contributed by atoms with Gasteiger partial charge in [0.05, 0.1) is 0 Å². The Morgan fingerprint density at radius 3 is 2.95 bits per heavy atom. The van der Waals surface area contributed by atoms with E-state index in [1.807, 2.05) is 20.8 Å². The van der Waals surface area contributed by atoms with Crippen LogP contribution in [0.25, 0.3) is 10.4 Å². The number of hydrogen-bond acceptors (Lipinski definition) is 4. The molecule has 1 N–H and O–H groups in total. The average Bonchev–Trinajstić information content (AvgIpc) is 2.62. The molecule has 2 unspecified atom stereocenters. The third kappa shape index (κ3) is 8.42. The van der Waals surface area contributed by atoms with Gasteiger partial charge in [0.25, 0.3) is 0 Å². The van der Waals surface area contributed by atoms with Gasteiger partial charge < -0.3 is 14.8 Å². The lowest BCUT2D eigenvalue weighted by atomic mass is 9.95. The number of ether oxygens (including phenoxy) is 2. The molecule has 0 aliphatic carbocycles. The molecule has 1 amide bonds. The molecule has 1 aliphatic rings. The van der Waals surface area contributed by atoms with E-state index in [1.165, 1.54) is 0 Å². The van der Waals surface area contributed by atoms with Crippen molar-refractivity contribution >= 4 is 6.09 Å². The summed E-state index contributed by atoms with van der Waals surface area (Å²) >= 11 is 0. The van der Waals surface area contributed by atoms with Gasteiger partial charge in [-0.1, -0.05) is 11.5 Å². The minimum Gasteiger partial charge on any atom is -0.444 e. The number of carbonyl (C=O) groups is 1. The van der Waals surface area contributed by atoms with Crippen molar-refractivity contribution in [3.05, 3.63) is 10.4 Å². The minimum absolute atomic E-state index is 0.220. The lowest BCUT2D eigenvalue weighted by molar-refractivity contribution is 0.0488. The molecule has 0 spiro atoms. The van der Waals surface area contributed by atoms with E-state index in [9.17, 15) is 4.79 Å². The van der Waals surface area contributed by atoms with Gasteiger partial charge in [0.15, 0.2) is 0 Å². The van der Waals surface area contributed by atoms with Crippen LogP contribution >= 0.6 is 0 Å². The minimum atomic E-state index is -0.543. The van der Waals surface area contributed by atoms with Crippen molar-refractivity contribution in [3.8, 4) is 0 Å². The molecule has 1 rings (SSSR count). The fourth-order valence-corrected chi connectivity index (χ4v) is 2.35. The fourth-order valence-electron chi connectivity index (χ4n) is 2.35. The molecule has 0 bridgehead atoms. The Labute approximate surface area is 126 Å². The number of nitrogens with one attached hydrogen (secondary N) is 1. The molecule has 0 saturated carbocycles. The van der Waals surface area contributed by atoms with Crippen molar-refractivity contribution in [3.63, 3.8) is 0 Å². The Balaban J connectivity index is 2.53. The van der Waals surface area contributed by atoms with Crippen LogP contribution in [0.2, 0.25) is 0 Å². The zero-order chi connectivity index (χ0) is 15.7. The first-order valence-electron chi connectivity index (χ1n) is 7.49. The standard InChI is InChI=1S/C14H26N4O3/c1-14(2,3)21-13(19)17-12(9-16-18-15)8-11-6-4-5-7-20-10-11/h11-12H,4-10H2,1-3H3,(H,17,19). The summed E-state index contributed by atoms with van der Waals surface area (Å²) in [6.45, 7) is 7.17. The molecule has 1 saturated heterocycles. The molecular formula is C14H26N4O3. The van der Waals surface area contributed by atoms with Crippen LogP contribution in [0.1, 0.15) is 46.5 Å². The lowest BCUT2D eigenvalue weighted by Crippen LogP contribution is -2.42. The first-order valence-corrected chi connectivity index (χ1v) is 7.49. The molecule has 1 fully saturated rings. The monoisotopic (exact) mass is 298 g/mol. The summed E-state index contributed by atoms with van der Waals surface area (Å²) in [5, 5.41) is 6.37. The van der Waals surface area contributed by atoms with E-state index in [2.05, 4.69) is 15.3 Å². The Morgan fingerprint density at radius 2 is 2.29 bits per heavy atom. The van der Waals surface area contributed by atoms with Crippen LogP contribution < -0.4 is 5.32 Å². The van der Waals surface area contributed by atoms with Crippen molar-refractivity contribution < 1.29 is 14.3 Å². The van der Waals surface area contributed by atoms with Gasteiger partial charge in [-0.15, -0.1) is 0 Å². The second-order valence-electron chi connectivity index (χ2n) is 6.43. The van der Waals surface area contributed by atoms with Crippen molar-refractivity contribution in [1.29, 1.82) is 0 Å². The van der Waals surface area contributed by atoms with Crippen molar-refractivity contribution in [2.75, 3.05) is 19.8 Å². The van der Waals surface area contributed by atoms with Gasteiger partial charge in [-0.3, -0.25) is 0 Å². The highest BCUT2D eigenvalue weighted by Crippen LogP contribution is 2.19. The molecular weight excluding hydrogens is 272 g/mol. The Morgan fingerprint density at radius 1 is 1.52 bits per heavy atom. The van der Waals surface area contributed by atoms with Crippen LogP contribution in [0.15, 0.2) is 5.11 Å². The molecule has 0 radical (unpaired) electrons. The SMILES string of the molecule is CC(C)(C)OC(=O)NC(CN=[N+]=[N-])CC1CCCCOC1. The van der Waals surface area contributed by atoms with Gasteiger partial charge >= 0.3 is 6.09 Å². The zero-order valence-corrected chi connectivity index (χ0v) is 13.2. The summed E-state index contributed by atoms with van der Waals surface area (Å²) in [5.74, 6) is 0.376. The topological polar surface area (TPSA) is 96.3 Å². The summed E-state index contributed by atoms with van der Waals surface area (Å²) in [6, 6.07) is -0.220. The number of rotatable bonds is 5. The maximum atomic E-state index is 11.8. The average molecular weight is 298 g/mol. The molecule has 0 aromatic carbocycles. The van der Waals surface area contributed by atoms with Crippen molar-refractivity contribution in [2.45, 2.75) is 58.1 Å². The molecule has 7 nitrogen and oxygen atoms in total. The summed E-state index contributed by atoms with van der Waals surface area (Å²) in [4.78, 5) is 14.6. The molecule has 1 aliphatic heterocycles. The largest absolute Gasteiger partial charge is 0.444 e. The third-order valence-corrected chi connectivity index (χ3v) is 3.21. The van der Waals surface area contributed by atoms with Gasteiger partial charge in [-0.05, 0) is 51.5 Å². The number of azide groups is 1. The summed E-state index contributed by atoms with van der Waals surface area (Å²) < 4.78 is 10.8. The highest BCUT2D eigenvalue weighted by Gasteiger charge is 2.22. The Hall–Kier alpha value is -1.46. The highest BCUT2D eigenvalue weighted by atomic mass is 16.6. The van der Waals surface area contributed by atoms with E-state index in [-0.39, 0.29) is 12.6 Å². The normalized spacial score (nSPS) is 20.8. The number of nitrogens with zero attached hydrogens (tertiary/aromatic N) is 3. The zero-order valence-electron chi connectivity index (χ0n) is 13.2. The first-order chi connectivity index (χ1) is 9.90. The Bertz CT molecular complexity index is 367. The molecule has 2 atom stereocenters. The maximum Gasteiger partial charge on any atom is 0.407 e. The van der Waals surface area contributed by atoms with Crippen LogP contribution in [0, 0.1) is 5.92 Å². The molecule has 1 heterocycles. The summed E-state index contributed by atoms with van der Waals surface area (Å²) in [7, 11) is 0. The van der Waals surface area contributed by atoms with Crippen LogP contribution in [-0.4, -0.2) is 37.5 Å². The molecule has 7 heteroatoms. The van der Waals surface area contributed by atoms with E-state index in [4.69, 9.17) is 15.0 Å². The number of alkyl carbamates (subject to hydrolysis) is 1. The molecule has 21 heavy (non-hydrogen) atoms. The van der Waals surface area contributed by atoms with E-state index in [0.717, 1.165) is 32.3 Å². The van der Waals surface area contributed by atoms with Crippen LogP contribution in [0.4, 0.5) is 4.79 Å². The van der Waals surface area contributed by atoms with E-state index < -0.39 is 11.7 Å². The number of hydrogen-bond donors (Lipinski definition) is 1. The smallest absolute Gasteiger partial charge is 0.407 e. The van der Waals surface area contributed by atoms with E-state index >= 15 is 0 Å². The van der Waals surface area contributed by atoms with E-state index in [1.54, 1.807) is 0 Å². The van der Waals surface area contributed by atoms with Gasteiger partial charge in [-0.25, -0.2) is 4.79 Å². The van der Waals surface area contributed by atoms with Crippen molar-refractivity contribution in [2.24, 2.45) is 11.0 Å². The predicted molar refractivity (Wildman–Crippen MR) is 79.9 cm³/mol. The molecule has 0 aromatic rings. The van der Waals surface area contributed by atoms with Gasteiger partial charge in [0, 0.05) is 30.7 Å². The van der Waals surface area contributed by atoms with Crippen molar-refractivity contribution in [1.82, 2.24) is 5.32 Å². The fraction of sp³-hybridized carbons (Fsp3) is 0.929. The van der Waals surface area contributed by atoms with Crippen LogP contribution in [-0.2, 0) is 9.47 Å². The quantitative estimate of drug-likeness (QED) is 0.478. The number of amides is 1. The lowest BCUT2D eigenvalue weighted by Gasteiger charge is -2.25. The summed E-state index contributed by atoms with van der Waals surface area (Å²) in [5.41, 5.74) is 7.93. The number of carbonyl (C=O) groups excluding carboxylic acids is 1. The van der Waals surface area contributed by atoms with Crippen LogP contribution in [0.3, 0.4) is 0 Å². The predicted octanol–water partition coefficient (Wildman–Crippen LogP) is 3.40. The third-order valence-electron chi connectivity index (χ3n) is 3.21. The second-order valence-corrected chi connectivity index (χ2v) is 6.43. The Kier molecular flexibility index (Phi) is 7.32.